The zero-order valence-electron chi connectivity index (χ0n) is 21.9. The van der Waals surface area contributed by atoms with Gasteiger partial charge in [-0.2, -0.15) is 0 Å². The number of aryl methyl sites for hydroxylation is 2. The summed E-state index contributed by atoms with van der Waals surface area (Å²) in [7, 11) is 0. The highest BCUT2D eigenvalue weighted by Gasteiger charge is 2.44. The maximum Gasteiger partial charge on any atom is 0.113 e. The van der Waals surface area contributed by atoms with Crippen LogP contribution in [0.4, 0.5) is 0 Å². The first kappa shape index (κ1) is 30.5. The largest absolute Gasteiger partial charge is 0.394 e. The van der Waals surface area contributed by atoms with Crippen molar-refractivity contribution in [2.45, 2.75) is 100 Å². The van der Waals surface area contributed by atoms with E-state index in [1.807, 2.05) is 35.6 Å². The van der Waals surface area contributed by atoms with Crippen LogP contribution >= 0.6 is 11.3 Å². The fourth-order valence-corrected chi connectivity index (χ4v) is 6.68. The van der Waals surface area contributed by atoms with Gasteiger partial charge in [-0.15, -0.1) is 11.3 Å². The maximum atomic E-state index is 10.4. The molecule has 1 aromatic carbocycles. The second-order valence-electron chi connectivity index (χ2n) is 10.6. The summed E-state index contributed by atoms with van der Waals surface area (Å²) in [6.45, 7) is 0.791. The first-order chi connectivity index (χ1) is 18.6. The molecule has 2 aliphatic heterocycles. The Labute approximate surface area is 231 Å². The smallest absolute Gasteiger partial charge is 0.113 e. The van der Waals surface area contributed by atoms with Crippen LogP contribution in [0.3, 0.4) is 0 Å². The standard InChI is InChI=1S/C21H26O5S.C7H14O5/c22-11-16-18(23)19(24)20(25)21(26-16)14-6-3-4-12(8-14)9-15-10-13-5-1-2-7-17(13)27-15;1-3-5(9)7(11)6(10)4(2-8)12-3/h3-4,6,8,10,16,18-25H,1-2,5,7,9,11H2;3-11H,2H2,1H3/t16-,18-,19+,20-,21+;3-,4+,5-,6+,7+/m10/s1. The number of aliphatic hydroxyl groups excluding tert-OH is 8. The van der Waals surface area contributed by atoms with Crippen molar-refractivity contribution in [1.29, 1.82) is 0 Å². The first-order valence-electron chi connectivity index (χ1n) is 13.4. The van der Waals surface area contributed by atoms with Crippen LogP contribution in [0.15, 0.2) is 30.3 Å². The van der Waals surface area contributed by atoms with Crippen molar-refractivity contribution >= 4 is 11.3 Å². The normalized spacial score (nSPS) is 36.5. The van der Waals surface area contributed by atoms with E-state index in [0.717, 1.165) is 17.5 Å². The van der Waals surface area contributed by atoms with Crippen molar-refractivity contribution in [3.63, 3.8) is 0 Å². The van der Waals surface area contributed by atoms with E-state index in [4.69, 9.17) is 14.6 Å². The average molecular weight is 569 g/mol. The van der Waals surface area contributed by atoms with Gasteiger partial charge in [-0.3, -0.25) is 0 Å². The molecule has 0 amide bonds. The Kier molecular flexibility index (Phi) is 10.5. The van der Waals surface area contributed by atoms with Gasteiger partial charge in [-0.25, -0.2) is 0 Å². The lowest BCUT2D eigenvalue weighted by atomic mass is 9.90. The summed E-state index contributed by atoms with van der Waals surface area (Å²) in [6, 6.07) is 10.1. The number of rotatable bonds is 5. The number of benzene rings is 1. The van der Waals surface area contributed by atoms with Crippen molar-refractivity contribution in [2.75, 3.05) is 13.2 Å². The lowest BCUT2D eigenvalue weighted by molar-refractivity contribution is -0.231. The van der Waals surface area contributed by atoms with Crippen LogP contribution in [0, 0.1) is 0 Å². The molecule has 3 heterocycles. The molecule has 0 spiro atoms. The van der Waals surface area contributed by atoms with Crippen molar-refractivity contribution in [3.05, 3.63) is 56.8 Å². The van der Waals surface area contributed by atoms with Gasteiger partial charge in [0.1, 0.15) is 54.9 Å². The zero-order chi connectivity index (χ0) is 28.3. The molecule has 5 rings (SSSR count). The molecular formula is C28H40O10S. The van der Waals surface area contributed by atoms with Crippen LogP contribution in [0.2, 0.25) is 0 Å². The molecule has 1 aliphatic carbocycles. The Morgan fingerprint density at radius 2 is 1.41 bits per heavy atom. The molecule has 3 aliphatic rings. The number of fused-ring (bicyclic) bond motifs is 1. The Morgan fingerprint density at radius 1 is 0.769 bits per heavy atom. The van der Waals surface area contributed by atoms with Crippen molar-refractivity contribution < 1.29 is 50.3 Å². The molecule has 0 bridgehead atoms. The summed E-state index contributed by atoms with van der Waals surface area (Å²) in [5, 5.41) is 76.1. The Balaban J connectivity index is 0.000000247. The molecule has 2 aromatic rings. The van der Waals surface area contributed by atoms with E-state index in [2.05, 4.69) is 6.07 Å². The van der Waals surface area contributed by atoms with Crippen molar-refractivity contribution in [1.82, 2.24) is 0 Å². The van der Waals surface area contributed by atoms with Crippen LogP contribution in [0.1, 0.15) is 52.3 Å². The van der Waals surface area contributed by atoms with Gasteiger partial charge in [0.2, 0.25) is 0 Å². The summed E-state index contributed by atoms with van der Waals surface area (Å²) in [5.41, 5.74) is 3.35. The molecule has 0 unspecified atom stereocenters. The summed E-state index contributed by atoms with van der Waals surface area (Å²) < 4.78 is 10.7. The highest BCUT2D eigenvalue weighted by Crippen LogP contribution is 2.34. The van der Waals surface area contributed by atoms with Gasteiger partial charge in [-0.1, -0.05) is 24.3 Å². The van der Waals surface area contributed by atoms with Crippen molar-refractivity contribution in [3.8, 4) is 0 Å². The summed E-state index contributed by atoms with van der Waals surface area (Å²) in [6.07, 6.45) is -4.80. The van der Waals surface area contributed by atoms with E-state index in [1.54, 1.807) is 6.92 Å². The number of aliphatic hydroxyl groups is 8. The fourth-order valence-electron chi connectivity index (χ4n) is 5.39. The molecule has 11 heteroatoms. The minimum atomic E-state index is -1.35. The summed E-state index contributed by atoms with van der Waals surface area (Å²) >= 11 is 1.89. The molecule has 10 nitrogen and oxygen atoms in total. The maximum absolute atomic E-state index is 10.4. The Morgan fingerprint density at radius 3 is 2.08 bits per heavy atom. The van der Waals surface area contributed by atoms with Gasteiger partial charge in [0, 0.05) is 16.2 Å². The van der Waals surface area contributed by atoms with Crippen LogP contribution in [0.25, 0.3) is 0 Å². The Hall–Kier alpha value is -1.48. The van der Waals surface area contributed by atoms with E-state index >= 15 is 0 Å². The van der Waals surface area contributed by atoms with Gasteiger partial charge in [0.05, 0.1) is 19.3 Å². The number of thiophene rings is 1. The second-order valence-corrected chi connectivity index (χ2v) is 11.8. The highest BCUT2D eigenvalue weighted by atomic mass is 32.1. The predicted octanol–water partition coefficient (Wildman–Crippen LogP) is -0.419. The molecule has 2 saturated heterocycles. The molecule has 218 valence electrons. The molecule has 1 aromatic heterocycles. The third-order valence-electron chi connectivity index (χ3n) is 7.73. The quantitative estimate of drug-likeness (QED) is 0.236. The molecule has 0 radical (unpaired) electrons. The lowest BCUT2D eigenvalue weighted by Gasteiger charge is -2.40. The van der Waals surface area contributed by atoms with E-state index in [1.165, 1.54) is 41.0 Å². The number of hydrogen-bond acceptors (Lipinski definition) is 11. The van der Waals surface area contributed by atoms with Crippen LogP contribution in [-0.2, 0) is 28.7 Å². The summed E-state index contributed by atoms with van der Waals surface area (Å²) in [4.78, 5) is 2.86. The number of hydrogen-bond donors (Lipinski definition) is 8. The fraction of sp³-hybridized carbons (Fsp3) is 0.643. The molecule has 8 N–H and O–H groups in total. The number of ether oxygens (including phenoxy) is 2. The molecule has 2 fully saturated rings. The van der Waals surface area contributed by atoms with Crippen LogP contribution in [-0.4, -0.2) is 109 Å². The predicted molar refractivity (Wildman–Crippen MR) is 142 cm³/mol. The topological polar surface area (TPSA) is 180 Å². The minimum absolute atomic E-state index is 0.366. The first-order valence-corrected chi connectivity index (χ1v) is 14.3. The van der Waals surface area contributed by atoms with Gasteiger partial charge < -0.3 is 50.3 Å². The molecule has 0 saturated carbocycles. The third kappa shape index (κ3) is 6.88. The monoisotopic (exact) mass is 568 g/mol. The van der Waals surface area contributed by atoms with E-state index in [9.17, 15) is 35.7 Å². The SMILES string of the molecule is C[C@@H]1O[C@H](CO)[C@@H](O)[C@H](O)[C@H]1O.OC[C@H]1O[C@@H](c2cccc(Cc3cc4c(s3)CCCC4)c2)[C@H](O)[C@@H](O)[C@@H]1O. The molecule has 39 heavy (non-hydrogen) atoms. The van der Waals surface area contributed by atoms with E-state index in [0.29, 0.717) is 0 Å². The van der Waals surface area contributed by atoms with Crippen LogP contribution in [0.5, 0.6) is 0 Å². The van der Waals surface area contributed by atoms with E-state index < -0.39 is 67.6 Å². The highest BCUT2D eigenvalue weighted by molar-refractivity contribution is 7.12. The molecular weight excluding hydrogens is 528 g/mol. The zero-order valence-corrected chi connectivity index (χ0v) is 22.7. The third-order valence-corrected chi connectivity index (χ3v) is 8.97. The summed E-state index contributed by atoms with van der Waals surface area (Å²) in [5.74, 6) is 0. The van der Waals surface area contributed by atoms with Gasteiger partial charge >= 0.3 is 0 Å². The lowest BCUT2D eigenvalue weighted by Crippen LogP contribution is -2.57. The van der Waals surface area contributed by atoms with E-state index in [-0.39, 0.29) is 6.61 Å². The average Bonchev–Trinajstić information content (AvgIpc) is 3.35. The van der Waals surface area contributed by atoms with Gasteiger partial charge in [0.15, 0.2) is 0 Å². The van der Waals surface area contributed by atoms with Crippen LogP contribution < -0.4 is 0 Å². The second kappa shape index (κ2) is 13.5. The minimum Gasteiger partial charge on any atom is -0.394 e. The Bertz CT molecular complexity index is 1030. The van der Waals surface area contributed by atoms with Gasteiger partial charge in [-0.05, 0) is 55.4 Å². The van der Waals surface area contributed by atoms with Gasteiger partial charge in [0.25, 0.3) is 0 Å². The molecule has 10 atom stereocenters. The van der Waals surface area contributed by atoms with Crippen molar-refractivity contribution in [2.24, 2.45) is 0 Å².